The van der Waals surface area contributed by atoms with E-state index < -0.39 is 41.1 Å². The first-order chi connectivity index (χ1) is 22.6. The molecule has 2 saturated heterocycles. The average Bonchev–Trinajstić information content (AvgIpc) is 3.54. The molecule has 0 spiro atoms. The molecule has 0 bridgehead atoms. The van der Waals surface area contributed by atoms with Crippen molar-refractivity contribution in [3.05, 3.63) is 89.0 Å². The Balaban J connectivity index is 1.05. The zero-order valence-corrected chi connectivity index (χ0v) is 25.4. The second-order valence-electron chi connectivity index (χ2n) is 11.7. The van der Waals surface area contributed by atoms with Crippen LogP contribution in [0.15, 0.2) is 64.7 Å². The highest BCUT2D eigenvalue weighted by Crippen LogP contribution is 2.36. The van der Waals surface area contributed by atoms with Crippen LogP contribution in [0.2, 0.25) is 0 Å². The quantitative estimate of drug-likeness (QED) is 0.312. The SMILES string of the molecule is O=C(Nc1ccc(N2CCN(C(=O)Cc3c(F)cccc3F)CC2)nc1)c1oc(N2CCC(C3=CCCC=C3)CC2)nc1C(F)(F)F. The maximum atomic E-state index is 14.0. The van der Waals surface area contributed by atoms with E-state index in [9.17, 15) is 31.5 Å². The van der Waals surface area contributed by atoms with Gasteiger partial charge in [0.05, 0.1) is 18.3 Å². The third-order valence-corrected chi connectivity index (χ3v) is 8.70. The van der Waals surface area contributed by atoms with Crippen LogP contribution in [-0.4, -0.2) is 66.0 Å². The number of pyridine rings is 1. The van der Waals surface area contributed by atoms with Gasteiger partial charge in [0.15, 0.2) is 5.69 Å². The zero-order valence-electron chi connectivity index (χ0n) is 25.4. The first kappa shape index (κ1) is 32.2. The summed E-state index contributed by atoms with van der Waals surface area (Å²) in [6.07, 6.45) is 5.95. The molecule has 1 aliphatic carbocycles. The van der Waals surface area contributed by atoms with E-state index >= 15 is 0 Å². The normalized spacial score (nSPS) is 17.6. The zero-order chi connectivity index (χ0) is 33.1. The summed E-state index contributed by atoms with van der Waals surface area (Å²) in [7, 11) is 0. The molecular formula is C33H33F5N6O3. The van der Waals surface area contributed by atoms with Gasteiger partial charge in [-0.2, -0.15) is 18.2 Å². The number of halogens is 5. The Morgan fingerprint density at radius 3 is 2.28 bits per heavy atom. The number of allylic oxidation sites excluding steroid dienone is 4. The van der Waals surface area contributed by atoms with Crippen LogP contribution in [0.5, 0.6) is 0 Å². The largest absolute Gasteiger partial charge is 0.437 e. The lowest BCUT2D eigenvalue weighted by Crippen LogP contribution is -2.49. The van der Waals surface area contributed by atoms with Gasteiger partial charge in [0.2, 0.25) is 11.7 Å². The number of oxazole rings is 1. The number of amides is 2. The maximum absolute atomic E-state index is 14.0. The monoisotopic (exact) mass is 656 g/mol. The molecule has 2 aromatic heterocycles. The number of piperazine rings is 1. The number of hydrogen-bond acceptors (Lipinski definition) is 7. The van der Waals surface area contributed by atoms with Crippen LogP contribution in [0.4, 0.5) is 39.5 Å². The van der Waals surface area contributed by atoms with Gasteiger partial charge in [-0.1, -0.05) is 24.3 Å². The third-order valence-electron chi connectivity index (χ3n) is 8.70. The highest BCUT2D eigenvalue weighted by molar-refractivity contribution is 6.03. The fourth-order valence-corrected chi connectivity index (χ4v) is 6.11. The second kappa shape index (κ2) is 13.5. The van der Waals surface area contributed by atoms with Crippen molar-refractivity contribution in [2.24, 2.45) is 5.92 Å². The predicted octanol–water partition coefficient (Wildman–Crippen LogP) is 6.00. The highest BCUT2D eigenvalue weighted by Gasteiger charge is 2.42. The summed E-state index contributed by atoms with van der Waals surface area (Å²) in [5, 5.41) is 2.42. The van der Waals surface area contributed by atoms with Crippen LogP contribution in [0, 0.1) is 17.6 Å². The van der Waals surface area contributed by atoms with Gasteiger partial charge in [-0.25, -0.2) is 13.8 Å². The molecule has 1 N–H and O–H groups in total. The van der Waals surface area contributed by atoms with Gasteiger partial charge in [0.1, 0.15) is 17.5 Å². The van der Waals surface area contributed by atoms with Crippen molar-refractivity contribution in [2.75, 3.05) is 54.4 Å². The van der Waals surface area contributed by atoms with Gasteiger partial charge in [-0.05, 0) is 61.4 Å². The summed E-state index contributed by atoms with van der Waals surface area (Å²) < 4.78 is 75.1. The Bertz CT molecular complexity index is 1650. The molecule has 248 valence electrons. The van der Waals surface area contributed by atoms with E-state index in [1.165, 1.54) is 28.8 Å². The van der Waals surface area contributed by atoms with Gasteiger partial charge in [0.25, 0.3) is 11.9 Å². The van der Waals surface area contributed by atoms with E-state index in [1.807, 2.05) is 4.90 Å². The number of carbonyl (C=O) groups excluding carboxylic acids is 2. The number of piperidine rings is 1. The smallest absolute Gasteiger partial charge is 0.417 e. The summed E-state index contributed by atoms with van der Waals surface area (Å²) >= 11 is 0. The standard InChI is InChI=1S/C33H33F5N6O3/c34-25-7-4-8-26(35)24(25)19-28(45)43-17-15-42(16-18-43)27-10-9-23(20-39-27)40-31(46)29-30(33(36,37)38)41-32(47-29)44-13-11-22(12-14-44)21-5-2-1-3-6-21/h2,4-10,20,22H,1,3,11-19H2,(H,40,46). The van der Waals surface area contributed by atoms with Crippen molar-refractivity contribution in [3.63, 3.8) is 0 Å². The molecule has 9 nitrogen and oxygen atoms in total. The molecule has 0 unspecified atom stereocenters. The number of nitrogens with one attached hydrogen (secondary N) is 1. The van der Waals surface area contributed by atoms with Crippen molar-refractivity contribution < 1.29 is 36.0 Å². The maximum Gasteiger partial charge on any atom is 0.437 e. The highest BCUT2D eigenvalue weighted by atomic mass is 19.4. The number of alkyl halides is 3. The van der Waals surface area contributed by atoms with E-state index in [0.29, 0.717) is 51.0 Å². The Hall–Kier alpha value is -4.75. The van der Waals surface area contributed by atoms with E-state index in [4.69, 9.17) is 4.42 Å². The third kappa shape index (κ3) is 7.31. The minimum absolute atomic E-state index is 0.153. The number of hydrogen-bond donors (Lipinski definition) is 1. The van der Waals surface area contributed by atoms with Crippen molar-refractivity contribution in [3.8, 4) is 0 Å². The fourth-order valence-electron chi connectivity index (χ4n) is 6.11. The molecule has 2 fully saturated rings. The van der Waals surface area contributed by atoms with Gasteiger partial charge in [-0.3, -0.25) is 9.59 Å². The molecule has 14 heteroatoms. The Morgan fingerprint density at radius 1 is 0.936 bits per heavy atom. The molecule has 0 radical (unpaired) electrons. The van der Waals surface area contributed by atoms with Crippen LogP contribution in [-0.2, 0) is 17.4 Å². The van der Waals surface area contributed by atoms with Crippen LogP contribution < -0.4 is 15.1 Å². The minimum atomic E-state index is -4.90. The van der Waals surface area contributed by atoms with Crippen molar-refractivity contribution in [1.29, 1.82) is 0 Å². The lowest BCUT2D eigenvalue weighted by Gasteiger charge is -2.35. The van der Waals surface area contributed by atoms with E-state index in [0.717, 1.165) is 37.8 Å². The summed E-state index contributed by atoms with van der Waals surface area (Å²) in [6, 6.07) is 6.32. The van der Waals surface area contributed by atoms with E-state index in [-0.39, 0.29) is 23.7 Å². The number of aromatic nitrogens is 2. The van der Waals surface area contributed by atoms with Crippen molar-refractivity contribution in [2.45, 2.75) is 38.3 Å². The lowest BCUT2D eigenvalue weighted by atomic mass is 9.86. The predicted molar refractivity (Wildman–Crippen MR) is 164 cm³/mol. The van der Waals surface area contributed by atoms with Crippen LogP contribution >= 0.6 is 0 Å². The van der Waals surface area contributed by atoms with Crippen molar-refractivity contribution >= 4 is 29.3 Å². The number of rotatable bonds is 7. The number of benzene rings is 1. The molecule has 3 aromatic rings. The summed E-state index contributed by atoms with van der Waals surface area (Å²) in [5.74, 6) is -3.12. The Morgan fingerprint density at radius 2 is 1.66 bits per heavy atom. The molecule has 4 heterocycles. The molecular weight excluding hydrogens is 623 g/mol. The molecule has 6 rings (SSSR count). The molecule has 3 aliphatic rings. The first-order valence-corrected chi connectivity index (χ1v) is 15.5. The number of anilines is 3. The van der Waals surface area contributed by atoms with Gasteiger partial charge in [-0.15, -0.1) is 0 Å². The van der Waals surface area contributed by atoms with E-state index in [2.05, 4.69) is 33.5 Å². The Kier molecular flexibility index (Phi) is 9.28. The number of nitrogens with zero attached hydrogens (tertiary/aromatic N) is 5. The fraction of sp³-hybridized carbons (Fsp3) is 0.394. The van der Waals surface area contributed by atoms with Gasteiger partial charge >= 0.3 is 6.18 Å². The van der Waals surface area contributed by atoms with Crippen molar-refractivity contribution in [1.82, 2.24) is 14.9 Å². The summed E-state index contributed by atoms with van der Waals surface area (Å²) in [5.41, 5.74) is -0.251. The molecule has 2 amide bonds. The molecule has 47 heavy (non-hydrogen) atoms. The lowest BCUT2D eigenvalue weighted by molar-refractivity contribution is -0.141. The minimum Gasteiger partial charge on any atom is -0.417 e. The van der Waals surface area contributed by atoms with E-state index in [1.54, 1.807) is 11.0 Å². The second-order valence-corrected chi connectivity index (χ2v) is 11.7. The van der Waals surface area contributed by atoms with Crippen LogP contribution in [0.25, 0.3) is 0 Å². The summed E-state index contributed by atoms with van der Waals surface area (Å²) in [4.78, 5) is 38.7. The molecule has 0 saturated carbocycles. The molecule has 0 atom stereocenters. The molecule has 2 aliphatic heterocycles. The van der Waals surface area contributed by atoms with Crippen LogP contribution in [0.3, 0.4) is 0 Å². The topological polar surface area (TPSA) is 94.8 Å². The first-order valence-electron chi connectivity index (χ1n) is 15.5. The van der Waals surface area contributed by atoms with Gasteiger partial charge < -0.3 is 24.4 Å². The number of carbonyl (C=O) groups is 2. The molecule has 1 aromatic carbocycles. The van der Waals surface area contributed by atoms with Gasteiger partial charge in [0, 0.05) is 44.8 Å². The Labute approximate surface area is 267 Å². The van der Waals surface area contributed by atoms with Crippen LogP contribution in [0.1, 0.15) is 47.5 Å². The summed E-state index contributed by atoms with van der Waals surface area (Å²) in [6.45, 7) is 2.29. The average molecular weight is 657 g/mol.